The van der Waals surface area contributed by atoms with E-state index >= 15 is 0 Å². The summed E-state index contributed by atoms with van der Waals surface area (Å²) in [6, 6.07) is 0. The number of hydrogen-bond acceptors (Lipinski definition) is 2. The Labute approximate surface area is 59.8 Å². The molecule has 0 amide bonds. The summed E-state index contributed by atoms with van der Waals surface area (Å²) in [6.07, 6.45) is 3.23. The molecule has 0 N–H and O–H groups in total. The standard InChI is InChI=1S/C7H10OS/c1-3-6-9-7(2)4-5-8/h3,5-6H,2,4H2,1H3/b6-3-. The lowest BCUT2D eigenvalue weighted by molar-refractivity contribution is -0.107. The van der Waals surface area contributed by atoms with Gasteiger partial charge < -0.3 is 4.79 Å². The lowest BCUT2D eigenvalue weighted by Gasteiger charge is -1.91. The van der Waals surface area contributed by atoms with E-state index in [0.29, 0.717) is 6.42 Å². The first-order valence-electron chi connectivity index (χ1n) is 2.70. The predicted molar refractivity (Wildman–Crippen MR) is 42.2 cm³/mol. The third-order valence-corrected chi connectivity index (χ3v) is 1.59. The molecule has 0 spiro atoms. The van der Waals surface area contributed by atoms with Crippen molar-refractivity contribution >= 4 is 18.0 Å². The molecule has 0 atom stereocenters. The fourth-order valence-corrected chi connectivity index (χ4v) is 0.798. The Morgan fingerprint density at radius 1 is 1.78 bits per heavy atom. The maximum Gasteiger partial charge on any atom is 0.124 e. The Hall–Kier alpha value is -0.500. The number of thioether (sulfide) groups is 1. The van der Waals surface area contributed by atoms with Crippen molar-refractivity contribution in [2.75, 3.05) is 0 Å². The third kappa shape index (κ3) is 5.37. The molecule has 0 aliphatic carbocycles. The zero-order valence-electron chi connectivity index (χ0n) is 5.46. The van der Waals surface area contributed by atoms with E-state index in [0.717, 1.165) is 11.2 Å². The number of hydrogen-bond donors (Lipinski definition) is 0. The molecule has 0 aromatic heterocycles. The van der Waals surface area contributed by atoms with Crippen molar-refractivity contribution in [1.29, 1.82) is 0 Å². The Kier molecular flexibility index (Phi) is 5.32. The first-order valence-corrected chi connectivity index (χ1v) is 3.58. The summed E-state index contributed by atoms with van der Waals surface area (Å²) in [5.41, 5.74) is 0. The molecule has 0 radical (unpaired) electrons. The molecule has 0 bridgehead atoms. The number of rotatable bonds is 4. The molecule has 0 unspecified atom stereocenters. The maximum atomic E-state index is 9.88. The topological polar surface area (TPSA) is 17.1 Å². The van der Waals surface area contributed by atoms with Crippen molar-refractivity contribution in [3.63, 3.8) is 0 Å². The van der Waals surface area contributed by atoms with Gasteiger partial charge in [0.2, 0.25) is 0 Å². The lowest BCUT2D eigenvalue weighted by atomic mass is 10.5. The van der Waals surface area contributed by atoms with E-state index in [9.17, 15) is 4.79 Å². The average Bonchev–Trinajstić information content (AvgIpc) is 1.85. The highest BCUT2D eigenvalue weighted by Crippen LogP contribution is 2.16. The van der Waals surface area contributed by atoms with E-state index < -0.39 is 0 Å². The predicted octanol–water partition coefficient (Wildman–Crippen LogP) is 2.36. The zero-order chi connectivity index (χ0) is 7.11. The van der Waals surface area contributed by atoms with Gasteiger partial charge in [-0.2, -0.15) is 0 Å². The van der Waals surface area contributed by atoms with Crippen LogP contribution >= 0.6 is 11.8 Å². The second-order valence-corrected chi connectivity index (χ2v) is 2.58. The fourth-order valence-electron chi connectivity index (χ4n) is 0.305. The molecule has 0 saturated heterocycles. The van der Waals surface area contributed by atoms with Crippen LogP contribution in [0.1, 0.15) is 13.3 Å². The maximum absolute atomic E-state index is 9.88. The van der Waals surface area contributed by atoms with E-state index in [1.54, 1.807) is 0 Å². The van der Waals surface area contributed by atoms with Gasteiger partial charge in [-0.15, -0.1) is 11.8 Å². The van der Waals surface area contributed by atoms with Gasteiger partial charge in [-0.3, -0.25) is 0 Å². The molecule has 1 nitrogen and oxygen atoms in total. The van der Waals surface area contributed by atoms with Crippen LogP contribution in [0.5, 0.6) is 0 Å². The van der Waals surface area contributed by atoms with Crippen molar-refractivity contribution in [2.24, 2.45) is 0 Å². The summed E-state index contributed by atoms with van der Waals surface area (Å²) in [5, 5.41) is 1.91. The summed E-state index contributed by atoms with van der Waals surface area (Å²) in [7, 11) is 0. The van der Waals surface area contributed by atoms with Crippen LogP contribution in [0.2, 0.25) is 0 Å². The minimum atomic E-state index is 0.453. The smallest absolute Gasteiger partial charge is 0.124 e. The summed E-state index contributed by atoms with van der Waals surface area (Å²) in [6.45, 7) is 5.59. The molecule has 2 heteroatoms. The van der Waals surface area contributed by atoms with E-state index in [1.807, 2.05) is 18.4 Å². The van der Waals surface area contributed by atoms with Crippen LogP contribution in [0.4, 0.5) is 0 Å². The van der Waals surface area contributed by atoms with Gasteiger partial charge in [0.05, 0.1) is 0 Å². The first-order chi connectivity index (χ1) is 4.31. The third-order valence-electron chi connectivity index (χ3n) is 0.682. The molecule has 0 saturated carbocycles. The molecule has 50 valence electrons. The molecular weight excluding hydrogens is 132 g/mol. The Bertz CT molecular complexity index is 127. The van der Waals surface area contributed by atoms with Gasteiger partial charge in [0, 0.05) is 6.42 Å². The van der Waals surface area contributed by atoms with Crippen LogP contribution in [0.25, 0.3) is 0 Å². The molecule has 0 rings (SSSR count). The van der Waals surface area contributed by atoms with Gasteiger partial charge in [0.1, 0.15) is 6.29 Å². The van der Waals surface area contributed by atoms with Crippen LogP contribution in [-0.4, -0.2) is 6.29 Å². The van der Waals surface area contributed by atoms with Crippen LogP contribution in [0.3, 0.4) is 0 Å². The summed E-state index contributed by atoms with van der Waals surface area (Å²) in [4.78, 5) is 10.8. The van der Waals surface area contributed by atoms with E-state index in [1.165, 1.54) is 11.8 Å². The number of carbonyl (C=O) groups is 1. The number of carbonyl (C=O) groups excluding carboxylic acids is 1. The van der Waals surface area contributed by atoms with Crippen molar-refractivity contribution in [1.82, 2.24) is 0 Å². The summed E-state index contributed by atoms with van der Waals surface area (Å²) in [5.74, 6) is 0. The van der Waals surface area contributed by atoms with Crippen LogP contribution < -0.4 is 0 Å². The van der Waals surface area contributed by atoms with E-state index in [4.69, 9.17) is 0 Å². The van der Waals surface area contributed by atoms with Gasteiger partial charge in [0.25, 0.3) is 0 Å². The highest BCUT2D eigenvalue weighted by atomic mass is 32.2. The monoisotopic (exact) mass is 142 g/mol. The molecule has 0 aliphatic rings. The number of aldehydes is 1. The van der Waals surface area contributed by atoms with Gasteiger partial charge in [0.15, 0.2) is 0 Å². The van der Waals surface area contributed by atoms with Gasteiger partial charge in [-0.05, 0) is 17.2 Å². The molecular formula is C7H10OS. The second-order valence-electron chi connectivity index (χ2n) is 1.50. The molecule has 0 aliphatic heterocycles. The van der Waals surface area contributed by atoms with Crippen molar-refractivity contribution < 1.29 is 4.79 Å². The minimum absolute atomic E-state index is 0.453. The van der Waals surface area contributed by atoms with Crippen molar-refractivity contribution in [2.45, 2.75) is 13.3 Å². The first kappa shape index (κ1) is 8.50. The Morgan fingerprint density at radius 3 is 2.89 bits per heavy atom. The minimum Gasteiger partial charge on any atom is -0.303 e. The molecule has 0 aromatic carbocycles. The number of allylic oxidation sites excluding steroid dienone is 2. The highest BCUT2D eigenvalue weighted by molar-refractivity contribution is 8.05. The van der Waals surface area contributed by atoms with Crippen molar-refractivity contribution in [3.8, 4) is 0 Å². The Morgan fingerprint density at radius 2 is 2.44 bits per heavy atom. The fraction of sp³-hybridized carbons (Fsp3) is 0.286. The molecule has 0 heterocycles. The van der Waals surface area contributed by atoms with Gasteiger partial charge >= 0.3 is 0 Å². The van der Waals surface area contributed by atoms with Crippen LogP contribution in [0.15, 0.2) is 23.0 Å². The van der Waals surface area contributed by atoms with Gasteiger partial charge in [-0.1, -0.05) is 12.7 Å². The van der Waals surface area contributed by atoms with E-state index in [2.05, 4.69) is 6.58 Å². The van der Waals surface area contributed by atoms with Crippen molar-refractivity contribution in [3.05, 3.63) is 23.0 Å². The lowest BCUT2D eigenvalue weighted by Crippen LogP contribution is -1.72. The largest absolute Gasteiger partial charge is 0.303 e. The highest BCUT2D eigenvalue weighted by Gasteiger charge is 1.87. The summed E-state index contributed by atoms with van der Waals surface area (Å²) >= 11 is 1.49. The zero-order valence-corrected chi connectivity index (χ0v) is 6.28. The SMILES string of the molecule is C=C(CC=O)S/C=C\C. The van der Waals surface area contributed by atoms with Gasteiger partial charge in [-0.25, -0.2) is 0 Å². The molecule has 0 aromatic rings. The average molecular weight is 142 g/mol. The molecule has 0 fully saturated rings. The molecule has 9 heavy (non-hydrogen) atoms. The quantitative estimate of drug-likeness (QED) is 0.560. The normalized spacial score (nSPS) is 9.89. The van der Waals surface area contributed by atoms with Crippen LogP contribution in [-0.2, 0) is 4.79 Å². The van der Waals surface area contributed by atoms with E-state index in [-0.39, 0.29) is 0 Å². The second kappa shape index (κ2) is 5.63. The summed E-state index contributed by atoms with van der Waals surface area (Å²) < 4.78 is 0. The van der Waals surface area contributed by atoms with Crippen LogP contribution in [0, 0.1) is 0 Å². The Balaban J connectivity index is 3.38.